The molecule has 2 rings (SSSR count). The predicted molar refractivity (Wildman–Crippen MR) is 87.5 cm³/mol. The molecule has 5 heteroatoms. The van der Waals surface area contributed by atoms with Crippen LogP contribution in [-0.2, 0) is 10.0 Å². The highest BCUT2D eigenvalue weighted by molar-refractivity contribution is 7.88. The first-order valence-corrected chi connectivity index (χ1v) is 9.21. The molecule has 1 saturated heterocycles. The Hall–Kier alpha value is -1.17. The number of benzene rings is 1. The first-order valence-electron chi connectivity index (χ1n) is 7.36. The van der Waals surface area contributed by atoms with E-state index in [0.29, 0.717) is 19.1 Å². The van der Waals surface area contributed by atoms with Crippen molar-refractivity contribution in [3.05, 3.63) is 41.5 Å². The van der Waals surface area contributed by atoms with Crippen LogP contribution >= 0.6 is 0 Å². The van der Waals surface area contributed by atoms with Crippen LogP contribution in [0.25, 0.3) is 6.08 Å². The summed E-state index contributed by atoms with van der Waals surface area (Å²) in [5.74, 6) is 0. The molecule has 0 aliphatic carbocycles. The van der Waals surface area contributed by atoms with Gasteiger partial charge < -0.3 is 5.32 Å². The monoisotopic (exact) mass is 308 g/mol. The van der Waals surface area contributed by atoms with Gasteiger partial charge in [0.05, 0.1) is 6.26 Å². The average Bonchev–Trinajstić information content (AvgIpc) is 2.46. The maximum Gasteiger partial charge on any atom is 0.211 e. The zero-order valence-electron chi connectivity index (χ0n) is 12.7. The lowest BCUT2D eigenvalue weighted by Gasteiger charge is -2.30. The lowest BCUT2D eigenvalue weighted by molar-refractivity contribution is 0.295. The topological polar surface area (TPSA) is 49.4 Å². The zero-order valence-corrected chi connectivity index (χ0v) is 13.6. The van der Waals surface area contributed by atoms with Gasteiger partial charge in [0.25, 0.3) is 0 Å². The minimum Gasteiger partial charge on any atom is -0.310 e. The molecule has 0 atom stereocenters. The van der Waals surface area contributed by atoms with Crippen molar-refractivity contribution < 1.29 is 8.42 Å². The van der Waals surface area contributed by atoms with Crippen molar-refractivity contribution >= 4 is 16.1 Å². The van der Waals surface area contributed by atoms with E-state index in [4.69, 9.17) is 0 Å². The summed E-state index contributed by atoms with van der Waals surface area (Å²) in [5, 5.41) is 3.52. The van der Waals surface area contributed by atoms with E-state index in [1.54, 1.807) is 4.31 Å². The molecule has 21 heavy (non-hydrogen) atoms. The lowest BCUT2D eigenvalue weighted by Crippen LogP contribution is -2.44. The molecule has 0 spiro atoms. The van der Waals surface area contributed by atoms with E-state index in [2.05, 4.69) is 30.4 Å². The van der Waals surface area contributed by atoms with Gasteiger partial charge in [-0.3, -0.25) is 0 Å². The first kappa shape index (κ1) is 16.2. The fourth-order valence-corrected chi connectivity index (χ4v) is 3.46. The highest BCUT2D eigenvalue weighted by Crippen LogP contribution is 2.13. The molecule has 0 bridgehead atoms. The third kappa shape index (κ3) is 5.26. The highest BCUT2D eigenvalue weighted by atomic mass is 32.2. The molecule has 116 valence electrons. The summed E-state index contributed by atoms with van der Waals surface area (Å²) in [6.07, 6.45) is 5.23. The summed E-state index contributed by atoms with van der Waals surface area (Å²) in [4.78, 5) is 0. The van der Waals surface area contributed by atoms with E-state index >= 15 is 0 Å². The van der Waals surface area contributed by atoms with E-state index < -0.39 is 10.0 Å². The van der Waals surface area contributed by atoms with Crippen LogP contribution in [0, 0.1) is 0 Å². The summed E-state index contributed by atoms with van der Waals surface area (Å²) in [6.45, 7) is 4.21. The second kappa shape index (κ2) is 7.20. The SMILES string of the molecule is C/C(=C/c1ccccc1)CNC1CCN(S(C)(=O)=O)CC1. The largest absolute Gasteiger partial charge is 0.310 e. The van der Waals surface area contributed by atoms with Crippen LogP contribution in [0.2, 0.25) is 0 Å². The number of piperidine rings is 1. The summed E-state index contributed by atoms with van der Waals surface area (Å²) < 4.78 is 24.5. The standard InChI is InChI=1S/C16H24N2O2S/c1-14(12-15-6-4-3-5-7-15)13-17-16-8-10-18(11-9-16)21(2,19)20/h3-7,12,16-17H,8-11,13H2,1-2H3/b14-12-. The van der Waals surface area contributed by atoms with Gasteiger partial charge >= 0.3 is 0 Å². The molecule has 0 radical (unpaired) electrons. The second-order valence-electron chi connectivity index (χ2n) is 5.72. The molecule has 0 amide bonds. The maximum absolute atomic E-state index is 11.5. The van der Waals surface area contributed by atoms with Crippen LogP contribution in [-0.4, -0.2) is 44.7 Å². The summed E-state index contributed by atoms with van der Waals surface area (Å²) in [7, 11) is -3.03. The van der Waals surface area contributed by atoms with Crippen LogP contribution in [0.3, 0.4) is 0 Å². The molecule has 1 fully saturated rings. The molecule has 1 aromatic rings. The number of nitrogens with one attached hydrogen (secondary N) is 1. The third-order valence-corrected chi connectivity index (χ3v) is 5.11. The van der Waals surface area contributed by atoms with E-state index in [0.717, 1.165) is 19.4 Å². The Kier molecular flexibility index (Phi) is 5.56. The Labute approximate surface area is 127 Å². The van der Waals surface area contributed by atoms with Crippen molar-refractivity contribution in [3.8, 4) is 0 Å². The Morgan fingerprint density at radius 1 is 1.29 bits per heavy atom. The first-order chi connectivity index (χ1) is 9.95. The van der Waals surface area contributed by atoms with E-state index in [1.807, 2.05) is 18.2 Å². The van der Waals surface area contributed by atoms with Gasteiger partial charge in [-0.1, -0.05) is 42.0 Å². The summed E-state index contributed by atoms with van der Waals surface area (Å²) in [5.41, 5.74) is 2.50. The zero-order chi connectivity index (χ0) is 15.3. The van der Waals surface area contributed by atoms with Crippen molar-refractivity contribution in [3.63, 3.8) is 0 Å². The molecule has 1 aliphatic rings. The Balaban J connectivity index is 1.78. The molecule has 1 N–H and O–H groups in total. The van der Waals surface area contributed by atoms with Crippen LogP contribution in [0.5, 0.6) is 0 Å². The van der Waals surface area contributed by atoms with Gasteiger partial charge in [-0.25, -0.2) is 12.7 Å². The van der Waals surface area contributed by atoms with Gasteiger partial charge in [0.15, 0.2) is 0 Å². The van der Waals surface area contributed by atoms with E-state index in [9.17, 15) is 8.42 Å². The maximum atomic E-state index is 11.5. The fourth-order valence-electron chi connectivity index (χ4n) is 2.58. The predicted octanol–water partition coefficient (Wildman–Crippen LogP) is 2.10. The van der Waals surface area contributed by atoms with E-state index in [1.165, 1.54) is 17.4 Å². The molecule has 0 saturated carbocycles. The lowest BCUT2D eigenvalue weighted by atomic mass is 10.1. The molecule has 4 nitrogen and oxygen atoms in total. The van der Waals surface area contributed by atoms with E-state index in [-0.39, 0.29) is 0 Å². The van der Waals surface area contributed by atoms with Crippen LogP contribution in [0.4, 0.5) is 0 Å². The van der Waals surface area contributed by atoms with Crippen molar-refractivity contribution in [2.75, 3.05) is 25.9 Å². The van der Waals surface area contributed by atoms with Gasteiger partial charge in [-0.15, -0.1) is 0 Å². The summed E-state index contributed by atoms with van der Waals surface area (Å²) in [6, 6.07) is 10.7. The normalized spacial score (nSPS) is 18.9. The minimum absolute atomic E-state index is 0.405. The Morgan fingerprint density at radius 2 is 1.90 bits per heavy atom. The molecule has 1 heterocycles. The molecule has 1 aliphatic heterocycles. The number of rotatable bonds is 5. The van der Waals surface area contributed by atoms with Crippen molar-refractivity contribution in [1.82, 2.24) is 9.62 Å². The number of nitrogens with zero attached hydrogens (tertiary/aromatic N) is 1. The quantitative estimate of drug-likeness (QED) is 0.906. The highest BCUT2D eigenvalue weighted by Gasteiger charge is 2.24. The minimum atomic E-state index is -3.03. The average molecular weight is 308 g/mol. The number of hydrogen-bond acceptors (Lipinski definition) is 3. The van der Waals surface area contributed by atoms with Crippen molar-refractivity contribution in [2.24, 2.45) is 0 Å². The van der Waals surface area contributed by atoms with Gasteiger partial charge in [-0.05, 0) is 25.3 Å². The Bertz CT molecular complexity index is 574. The van der Waals surface area contributed by atoms with Gasteiger partial charge in [0, 0.05) is 25.7 Å². The molecular weight excluding hydrogens is 284 g/mol. The van der Waals surface area contributed by atoms with Crippen LogP contribution in [0.15, 0.2) is 35.9 Å². The van der Waals surface area contributed by atoms with Gasteiger partial charge in [0.2, 0.25) is 10.0 Å². The summed E-state index contributed by atoms with van der Waals surface area (Å²) >= 11 is 0. The van der Waals surface area contributed by atoms with Crippen molar-refractivity contribution in [1.29, 1.82) is 0 Å². The molecule has 1 aromatic carbocycles. The molecule has 0 unspecified atom stereocenters. The van der Waals surface area contributed by atoms with Gasteiger partial charge in [-0.2, -0.15) is 0 Å². The smallest absolute Gasteiger partial charge is 0.211 e. The molecular formula is C16H24N2O2S. The van der Waals surface area contributed by atoms with Crippen LogP contribution in [0.1, 0.15) is 25.3 Å². The van der Waals surface area contributed by atoms with Crippen molar-refractivity contribution in [2.45, 2.75) is 25.8 Å². The second-order valence-corrected chi connectivity index (χ2v) is 7.70. The third-order valence-electron chi connectivity index (χ3n) is 3.81. The number of sulfonamides is 1. The van der Waals surface area contributed by atoms with Gasteiger partial charge in [0.1, 0.15) is 0 Å². The fraction of sp³-hybridized carbons (Fsp3) is 0.500. The Morgan fingerprint density at radius 3 is 2.48 bits per heavy atom. The number of hydrogen-bond donors (Lipinski definition) is 1. The molecule has 0 aromatic heterocycles. The van der Waals surface area contributed by atoms with Crippen LogP contribution < -0.4 is 5.32 Å².